The van der Waals surface area contributed by atoms with E-state index in [-0.39, 0.29) is 13.0 Å². The van der Waals surface area contributed by atoms with Gasteiger partial charge in [-0.2, -0.15) is 8.78 Å². The molecule has 0 aromatic heterocycles. The highest BCUT2D eigenvalue weighted by molar-refractivity contribution is 5.87. The number of amides is 2. The van der Waals surface area contributed by atoms with Crippen molar-refractivity contribution in [2.24, 2.45) is 0 Å². The topological polar surface area (TPSA) is 114 Å². The van der Waals surface area contributed by atoms with Crippen molar-refractivity contribution in [2.45, 2.75) is 57.5 Å². The van der Waals surface area contributed by atoms with Crippen LogP contribution in [0, 0.1) is 0 Å². The molecule has 10 heteroatoms. The number of rotatable bonds is 10. The summed E-state index contributed by atoms with van der Waals surface area (Å²) in [5.74, 6) is -7.14. The number of esters is 1. The third-order valence-corrected chi connectivity index (χ3v) is 4.68. The fourth-order valence-electron chi connectivity index (χ4n) is 3.06. The van der Waals surface area contributed by atoms with Gasteiger partial charge >= 0.3 is 18.0 Å². The van der Waals surface area contributed by atoms with E-state index < -0.39 is 48.2 Å². The first-order chi connectivity index (χ1) is 16.4. The molecular weight excluding hydrogens is 462 g/mol. The molecule has 0 bridgehead atoms. The highest BCUT2D eigenvalue weighted by atomic mass is 19.3. The fourth-order valence-corrected chi connectivity index (χ4v) is 3.06. The number of hydrogen-bond acceptors (Lipinski definition) is 6. The van der Waals surface area contributed by atoms with Gasteiger partial charge in [0, 0.05) is 0 Å². The quantitative estimate of drug-likeness (QED) is 0.440. The molecule has 2 aromatic carbocycles. The summed E-state index contributed by atoms with van der Waals surface area (Å²) in [5, 5.41) is 14.5. The van der Waals surface area contributed by atoms with Crippen LogP contribution in [0.25, 0.3) is 0 Å². The minimum Gasteiger partial charge on any atom is -0.459 e. The third kappa shape index (κ3) is 9.32. The lowest BCUT2D eigenvalue weighted by Gasteiger charge is -2.29. The highest BCUT2D eigenvalue weighted by Crippen LogP contribution is 2.24. The molecule has 0 saturated carbocycles. The van der Waals surface area contributed by atoms with Crippen molar-refractivity contribution in [1.29, 1.82) is 0 Å². The van der Waals surface area contributed by atoms with Gasteiger partial charge in [0.15, 0.2) is 0 Å². The standard InChI is InChI=1S/C25H30F2N2O6/c1-24(2,3)35-20(30)15-28-22(32)25(26,27)21(31)19(14-17-10-6-4-7-11-17)29-23(33)34-16-18-12-8-5-9-13-18/h4-13,19,21,31H,14-16H2,1-3H3,(H,28,32)(H,29,33)/t19-,21-/m1/s1. The predicted octanol–water partition coefficient (Wildman–Crippen LogP) is 2.98. The van der Waals surface area contributed by atoms with Crippen LogP contribution in [0.1, 0.15) is 31.9 Å². The summed E-state index contributed by atoms with van der Waals surface area (Å²) < 4.78 is 39.7. The third-order valence-electron chi connectivity index (χ3n) is 4.68. The number of aliphatic hydroxyl groups is 1. The number of carbonyl (C=O) groups excluding carboxylic acids is 3. The Labute approximate surface area is 202 Å². The van der Waals surface area contributed by atoms with Gasteiger partial charge in [0.25, 0.3) is 5.91 Å². The molecule has 35 heavy (non-hydrogen) atoms. The summed E-state index contributed by atoms with van der Waals surface area (Å²) in [6, 6.07) is 15.4. The maximum atomic E-state index is 14.8. The van der Waals surface area contributed by atoms with Crippen molar-refractivity contribution in [2.75, 3.05) is 6.54 Å². The van der Waals surface area contributed by atoms with E-state index in [4.69, 9.17) is 9.47 Å². The van der Waals surface area contributed by atoms with Gasteiger partial charge in [-0.05, 0) is 38.3 Å². The summed E-state index contributed by atoms with van der Waals surface area (Å²) >= 11 is 0. The Hall–Kier alpha value is -3.53. The predicted molar refractivity (Wildman–Crippen MR) is 124 cm³/mol. The van der Waals surface area contributed by atoms with Gasteiger partial charge in [-0.15, -0.1) is 0 Å². The second-order valence-corrected chi connectivity index (χ2v) is 8.84. The number of benzene rings is 2. The first kappa shape index (κ1) is 27.7. The van der Waals surface area contributed by atoms with Crippen LogP contribution in [-0.2, 0) is 32.1 Å². The molecular formula is C25H30F2N2O6. The molecule has 0 radical (unpaired) electrons. The lowest BCUT2D eigenvalue weighted by atomic mass is 9.96. The highest BCUT2D eigenvalue weighted by Gasteiger charge is 2.50. The van der Waals surface area contributed by atoms with Crippen LogP contribution in [0.15, 0.2) is 60.7 Å². The Morgan fingerprint density at radius 2 is 1.49 bits per heavy atom. The number of nitrogens with one attached hydrogen (secondary N) is 2. The van der Waals surface area contributed by atoms with Crippen LogP contribution in [-0.4, -0.2) is 53.3 Å². The maximum absolute atomic E-state index is 14.8. The largest absolute Gasteiger partial charge is 0.459 e. The molecule has 2 amide bonds. The van der Waals surface area contributed by atoms with E-state index in [2.05, 4.69) is 5.32 Å². The Balaban J connectivity index is 2.08. The van der Waals surface area contributed by atoms with Gasteiger partial charge in [0.2, 0.25) is 0 Å². The van der Waals surface area contributed by atoms with E-state index in [9.17, 15) is 28.3 Å². The summed E-state index contributed by atoms with van der Waals surface area (Å²) in [4.78, 5) is 36.2. The molecule has 0 saturated heterocycles. The van der Waals surface area contributed by atoms with Crippen LogP contribution in [0.3, 0.4) is 0 Å². The zero-order chi connectivity index (χ0) is 26.1. The van der Waals surface area contributed by atoms with E-state index in [0.717, 1.165) is 0 Å². The van der Waals surface area contributed by atoms with Crippen molar-refractivity contribution in [3.8, 4) is 0 Å². The number of aliphatic hydroxyl groups excluding tert-OH is 1. The minimum absolute atomic E-state index is 0.117. The van der Waals surface area contributed by atoms with Crippen LogP contribution in [0.5, 0.6) is 0 Å². The fraction of sp³-hybridized carbons (Fsp3) is 0.400. The molecule has 0 fully saturated rings. The van der Waals surface area contributed by atoms with Crippen molar-refractivity contribution >= 4 is 18.0 Å². The lowest BCUT2D eigenvalue weighted by molar-refractivity contribution is -0.169. The Morgan fingerprint density at radius 1 is 0.943 bits per heavy atom. The van der Waals surface area contributed by atoms with Gasteiger partial charge < -0.3 is 25.2 Å². The number of halogens is 2. The Bertz CT molecular complexity index is 980. The normalized spacial score (nSPS) is 13.3. The molecule has 0 aliphatic rings. The molecule has 0 spiro atoms. The summed E-state index contributed by atoms with van der Waals surface area (Å²) in [7, 11) is 0. The summed E-state index contributed by atoms with van der Waals surface area (Å²) in [5.41, 5.74) is 0.341. The first-order valence-corrected chi connectivity index (χ1v) is 11.0. The van der Waals surface area contributed by atoms with Gasteiger partial charge in [0.05, 0.1) is 6.04 Å². The van der Waals surface area contributed by atoms with Gasteiger partial charge in [0.1, 0.15) is 24.9 Å². The monoisotopic (exact) mass is 492 g/mol. The molecule has 0 heterocycles. The number of hydrogen-bond donors (Lipinski definition) is 3. The van der Waals surface area contributed by atoms with Crippen molar-refractivity contribution < 1.29 is 37.7 Å². The average molecular weight is 493 g/mol. The maximum Gasteiger partial charge on any atom is 0.407 e. The number of alkyl halides is 2. The van der Waals surface area contributed by atoms with E-state index in [1.807, 2.05) is 0 Å². The second-order valence-electron chi connectivity index (χ2n) is 8.84. The van der Waals surface area contributed by atoms with Crippen molar-refractivity contribution in [1.82, 2.24) is 10.6 Å². The smallest absolute Gasteiger partial charge is 0.407 e. The molecule has 2 atom stereocenters. The molecule has 0 aliphatic heterocycles. The van der Waals surface area contributed by atoms with Crippen molar-refractivity contribution in [3.63, 3.8) is 0 Å². The van der Waals surface area contributed by atoms with Crippen molar-refractivity contribution in [3.05, 3.63) is 71.8 Å². The number of ether oxygens (including phenoxy) is 2. The Morgan fingerprint density at radius 3 is 2.03 bits per heavy atom. The molecule has 8 nitrogen and oxygen atoms in total. The number of alkyl carbamates (subject to hydrolysis) is 1. The summed E-state index contributed by atoms with van der Waals surface area (Å²) in [6.07, 6.45) is -3.87. The molecule has 3 N–H and O–H groups in total. The van der Waals surface area contributed by atoms with E-state index >= 15 is 0 Å². The van der Waals surface area contributed by atoms with Gasteiger partial charge in [-0.1, -0.05) is 60.7 Å². The van der Waals surface area contributed by atoms with Gasteiger partial charge in [-0.3, -0.25) is 9.59 Å². The molecule has 0 unspecified atom stereocenters. The van der Waals surface area contributed by atoms with Crippen LogP contribution >= 0.6 is 0 Å². The van der Waals surface area contributed by atoms with Crippen LogP contribution in [0.2, 0.25) is 0 Å². The first-order valence-electron chi connectivity index (χ1n) is 11.0. The SMILES string of the molecule is CC(C)(C)OC(=O)CNC(=O)C(F)(F)[C@H](O)[C@@H](Cc1ccccc1)NC(=O)OCc1ccccc1. The molecule has 190 valence electrons. The zero-order valence-corrected chi connectivity index (χ0v) is 19.8. The Kier molecular flexibility index (Phi) is 9.70. The van der Waals surface area contributed by atoms with E-state index in [1.165, 1.54) is 0 Å². The lowest BCUT2D eigenvalue weighted by Crippen LogP contribution is -2.58. The van der Waals surface area contributed by atoms with E-state index in [1.54, 1.807) is 86.8 Å². The molecule has 0 aliphatic carbocycles. The summed E-state index contributed by atoms with van der Waals surface area (Å²) in [6.45, 7) is 3.83. The molecule has 2 aromatic rings. The van der Waals surface area contributed by atoms with Crippen LogP contribution < -0.4 is 10.6 Å². The average Bonchev–Trinajstić information content (AvgIpc) is 2.80. The molecule has 2 rings (SSSR count). The minimum atomic E-state index is -4.34. The second kappa shape index (κ2) is 12.3. The number of carbonyl (C=O) groups is 3. The van der Waals surface area contributed by atoms with Gasteiger partial charge in [-0.25, -0.2) is 4.79 Å². The van der Waals surface area contributed by atoms with Crippen LogP contribution in [0.4, 0.5) is 13.6 Å². The zero-order valence-electron chi connectivity index (χ0n) is 19.8. The van der Waals surface area contributed by atoms with E-state index in [0.29, 0.717) is 11.1 Å².